The number of unbranched alkanes of at least 4 members (excludes halogenated alkanes) is 1. The average molecular weight is 526 g/mol. The first kappa shape index (κ1) is 34.2. The minimum atomic E-state index is -1.03. The van der Waals surface area contributed by atoms with E-state index in [9.17, 15) is 29.4 Å². The number of carboxylic acids is 2. The number of aliphatic hydroxyl groups excluding tert-OH is 2. The van der Waals surface area contributed by atoms with Gasteiger partial charge in [0.2, 0.25) is 5.91 Å². The molecule has 0 spiro atoms. The van der Waals surface area contributed by atoms with Crippen LogP contribution in [0.15, 0.2) is 36.0 Å². The molecule has 0 fully saturated rings. The molecule has 0 rings (SSSR count). The second-order valence-corrected chi connectivity index (χ2v) is 9.43. The van der Waals surface area contributed by atoms with Crippen molar-refractivity contribution in [3.63, 3.8) is 0 Å². The van der Waals surface area contributed by atoms with Gasteiger partial charge in [-0.25, -0.2) is 4.79 Å². The molecule has 0 bridgehead atoms. The summed E-state index contributed by atoms with van der Waals surface area (Å²) in [4.78, 5) is 45.1. The monoisotopic (exact) mass is 525 g/mol. The van der Waals surface area contributed by atoms with Gasteiger partial charge in [0.15, 0.2) is 0 Å². The van der Waals surface area contributed by atoms with Gasteiger partial charge in [-0.05, 0) is 44.1 Å². The van der Waals surface area contributed by atoms with E-state index < -0.39 is 53.9 Å². The lowest BCUT2D eigenvalue weighted by molar-refractivity contribution is -0.138. The van der Waals surface area contributed by atoms with E-state index in [0.717, 1.165) is 6.08 Å². The summed E-state index contributed by atoms with van der Waals surface area (Å²) < 4.78 is 5.34. The molecule has 0 radical (unpaired) electrons. The van der Waals surface area contributed by atoms with Crippen LogP contribution >= 0.6 is 0 Å². The summed E-state index contributed by atoms with van der Waals surface area (Å²) in [5.74, 6) is -4.20. The van der Waals surface area contributed by atoms with Crippen molar-refractivity contribution < 1.29 is 44.3 Å². The van der Waals surface area contributed by atoms with Crippen molar-refractivity contribution in [1.29, 1.82) is 0 Å². The number of carbonyl (C=O) groups is 4. The predicted molar refractivity (Wildman–Crippen MR) is 138 cm³/mol. The Morgan fingerprint density at radius 2 is 1.62 bits per heavy atom. The fourth-order valence-electron chi connectivity index (χ4n) is 4.03. The number of carboxylic acid groups (broad SMARTS) is 2. The lowest BCUT2D eigenvalue weighted by atomic mass is 9.87. The molecule has 0 heterocycles. The van der Waals surface area contributed by atoms with Crippen LogP contribution in [-0.4, -0.2) is 69.5 Å². The highest BCUT2D eigenvalue weighted by atomic mass is 16.5. The van der Waals surface area contributed by atoms with Crippen LogP contribution in [0.4, 0.5) is 0 Å². The molecule has 6 N–H and O–H groups in total. The SMILES string of the molecule is COC(/C=C/CC/C=C/C(=O)O)C(O)C(C)C(O)/C(C)=C/C(C)C(=O)CCCC(CC(N)=O)CC(=O)O. The van der Waals surface area contributed by atoms with Gasteiger partial charge in [0.1, 0.15) is 11.9 Å². The molecule has 0 aliphatic carbocycles. The summed E-state index contributed by atoms with van der Waals surface area (Å²) in [6.07, 6.45) is 6.83. The minimum absolute atomic E-state index is 0.0408. The number of ketones is 1. The molecule has 10 nitrogen and oxygen atoms in total. The number of rotatable bonds is 20. The number of ether oxygens (including phenoxy) is 1. The molecular weight excluding hydrogens is 482 g/mol. The molecule has 1 amide bonds. The quantitative estimate of drug-likeness (QED) is 0.0905. The van der Waals surface area contributed by atoms with E-state index in [1.807, 2.05) is 0 Å². The number of amides is 1. The molecule has 0 aliphatic rings. The Labute approximate surface area is 218 Å². The molecule has 210 valence electrons. The van der Waals surface area contributed by atoms with Gasteiger partial charge < -0.3 is 30.9 Å². The Bertz CT molecular complexity index is 818. The van der Waals surface area contributed by atoms with Gasteiger partial charge in [0.25, 0.3) is 0 Å². The summed E-state index contributed by atoms with van der Waals surface area (Å²) >= 11 is 0. The van der Waals surface area contributed by atoms with Gasteiger partial charge in [-0.15, -0.1) is 0 Å². The normalized spacial score (nSPS) is 17.3. The Morgan fingerprint density at radius 3 is 2.16 bits per heavy atom. The van der Waals surface area contributed by atoms with Gasteiger partial charge in [-0.1, -0.05) is 38.2 Å². The zero-order valence-corrected chi connectivity index (χ0v) is 22.2. The first-order chi connectivity index (χ1) is 17.3. The van der Waals surface area contributed by atoms with Gasteiger partial charge in [0, 0.05) is 44.3 Å². The van der Waals surface area contributed by atoms with E-state index in [1.54, 1.807) is 39.0 Å². The maximum atomic E-state index is 12.6. The van der Waals surface area contributed by atoms with Gasteiger partial charge in [-0.2, -0.15) is 0 Å². The maximum absolute atomic E-state index is 12.6. The maximum Gasteiger partial charge on any atom is 0.327 e. The summed E-state index contributed by atoms with van der Waals surface area (Å²) in [5.41, 5.74) is 5.71. The Morgan fingerprint density at radius 1 is 1.00 bits per heavy atom. The lowest BCUT2D eigenvalue weighted by Crippen LogP contribution is -2.39. The average Bonchev–Trinajstić information content (AvgIpc) is 2.80. The molecule has 0 aliphatic heterocycles. The highest BCUT2D eigenvalue weighted by molar-refractivity contribution is 5.82. The Balaban J connectivity index is 4.92. The number of Topliss-reactive ketones (excluding diaryl/α,β-unsaturated/α-hetero) is 1. The number of allylic oxidation sites excluding steroid dienone is 3. The second kappa shape index (κ2) is 18.4. The molecular formula is C27H43NO9. The zero-order valence-electron chi connectivity index (χ0n) is 22.2. The molecule has 0 saturated heterocycles. The molecule has 0 aromatic rings. The topological polar surface area (TPSA) is 184 Å². The summed E-state index contributed by atoms with van der Waals surface area (Å²) in [6.45, 7) is 5.06. The van der Waals surface area contributed by atoms with Crippen molar-refractivity contribution in [2.45, 2.75) is 84.0 Å². The van der Waals surface area contributed by atoms with Crippen LogP contribution < -0.4 is 5.73 Å². The van der Waals surface area contributed by atoms with Crippen LogP contribution in [0.1, 0.15) is 65.7 Å². The number of hydrogen-bond donors (Lipinski definition) is 5. The third-order valence-electron chi connectivity index (χ3n) is 6.21. The molecule has 0 aromatic carbocycles. The lowest BCUT2D eigenvalue weighted by Gasteiger charge is -2.29. The zero-order chi connectivity index (χ0) is 28.5. The standard InChI is InChI=1S/C27H43NO9/c1-17(21(29)11-9-10-20(15-23(28)30)16-25(33)34)14-18(2)26(35)19(3)27(36)22(37-4)12-7-5-6-8-13-24(31)32/h7-8,12-14,17,19-20,22,26-27,35-36H,5-6,9-11,15-16H2,1-4H3,(H2,28,30)(H,31,32)(H,33,34)/b12-7+,13-8+,18-14+. The van der Waals surface area contributed by atoms with E-state index in [-0.39, 0.29) is 25.0 Å². The minimum Gasteiger partial charge on any atom is -0.481 e. The third-order valence-corrected chi connectivity index (χ3v) is 6.21. The van der Waals surface area contributed by atoms with Crippen molar-refractivity contribution in [3.8, 4) is 0 Å². The number of primary amides is 1. The van der Waals surface area contributed by atoms with Crippen LogP contribution in [0.3, 0.4) is 0 Å². The summed E-state index contributed by atoms with van der Waals surface area (Å²) in [5, 5.41) is 39.0. The first-order valence-electron chi connectivity index (χ1n) is 12.5. The third kappa shape index (κ3) is 15.1. The van der Waals surface area contributed by atoms with Crippen molar-refractivity contribution in [3.05, 3.63) is 36.0 Å². The number of hydrogen-bond acceptors (Lipinski definition) is 7. The molecule has 6 atom stereocenters. The van der Waals surface area contributed by atoms with E-state index in [2.05, 4.69) is 0 Å². The van der Waals surface area contributed by atoms with Gasteiger partial charge in [-0.3, -0.25) is 14.4 Å². The van der Waals surface area contributed by atoms with Crippen LogP contribution in [0, 0.1) is 17.8 Å². The number of aliphatic hydroxyl groups is 2. The van der Waals surface area contributed by atoms with Crippen LogP contribution in [-0.2, 0) is 23.9 Å². The van der Waals surface area contributed by atoms with Gasteiger partial charge in [0.05, 0.1) is 12.2 Å². The second-order valence-electron chi connectivity index (χ2n) is 9.43. The van der Waals surface area contributed by atoms with Crippen molar-refractivity contribution in [2.24, 2.45) is 23.5 Å². The summed E-state index contributed by atoms with van der Waals surface area (Å²) in [7, 11) is 1.44. The van der Waals surface area contributed by atoms with E-state index in [0.29, 0.717) is 31.3 Å². The first-order valence-corrected chi connectivity index (χ1v) is 12.5. The largest absolute Gasteiger partial charge is 0.481 e. The number of methoxy groups -OCH3 is 1. The van der Waals surface area contributed by atoms with Gasteiger partial charge >= 0.3 is 11.9 Å². The number of nitrogens with two attached hydrogens (primary N) is 1. The van der Waals surface area contributed by atoms with E-state index in [4.69, 9.17) is 20.7 Å². The molecule has 6 unspecified atom stereocenters. The molecule has 0 aromatic heterocycles. The predicted octanol–water partition coefficient (Wildman–Crippen LogP) is 2.62. The number of carbonyl (C=O) groups excluding carboxylic acids is 2. The molecule has 37 heavy (non-hydrogen) atoms. The van der Waals surface area contributed by atoms with Crippen LogP contribution in [0.25, 0.3) is 0 Å². The summed E-state index contributed by atoms with van der Waals surface area (Å²) in [6, 6.07) is 0. The van der Waals surface area contributed by atoms with Crippen molar-refractivity contribution >= 4 is 23.6 Å². The van der Waals surface area contributed by atoms with Crippen LogP contribution in [0.2, 0.25) is 0 Å². The number of aliphatic carboxylic acids is 2. The fraction of sp³-hybridized carbons (Fsp3) is 0.630. The highest BCUT2D eigenvalue weighted by Gasteiger charge is 2.29. The highest BCUT2D eigenvalue weighted by Crippen LogP contribution is 2.23. The van der Waals surface area contributed by atoms with Crippen molar-refractivity contribution in [2.75, 3.05) is 7.11 Å². The fourth-order valence-corrected chi connectivity index (χ4v) is 4.03. The van der Waals surface area contributed by atoms with Crippen LogP contribution in [0.5, 0.6) is 0 Å². The molecule has 0 saturated carbocycles. The van der Waals surface area contributed by atoms with E-state index >= 15 is 0 Å². The smallest absolute Gasteiger partial charge is 0.327 e. The van der Waals surface area contributed by atoms with E-state index in [1.165, 1.54) is 13.2 Å². The molecule has 10 heteroatoms. The Kier molecular flexibility index (Phi) is 17.0. The Hall–Kier alpha value is -2.82. The van der Waals surface area contributed by atoms with Crippen molar-refractivity contribution in [1.82, 2.24) is 0 Å².